The minimum absolute atomic E-state index is 0.190. The molecule has 0 bridgehead atoms. The summed E-state index contributed by atoms with van der Waals surface area (Å²) in [7, 11) is 0. The van der Waals surface area contributed by atoms with Crippen molar-refractivity contribution in [2.45, 2.75) is 39.0 Å². The Morgan fingerprint density at radius 2 is 2.08 bits per heavy atom. The normalized spacial score (nSPS) is 13.1. The maximum absolute atomic E-state index is 13.0. The Morgan fingerprint density at radius 1 is 1.36 bits per heavy atom. The molecule has 2 aromatic rings. The van der Waals surface area contributed by atoms with E-state index in [1.165, 1.54) is 17.4 Å². The van der Waals surface area contributed by atoms with Gasteiger partial charge in [0.05, 0.1) is 11.6 Å². The summed E-state index contributed by atoms with van der Waals surface area (Å²) in [5.74, 6) is -0.228. The SMILES string of the molecule is CC(C)CC(NC(=O)c1csc(CN)n1)c1cccc(C(F)(F)F)c1. The smallest absolute Gasteiger partial charge is 0.344 e. The first-order valence-corrected chi connectivity index (χ1v) is 8.71. The van der Waals surface area contributed by atoms with E-state index in [1.807, 2.05) is 13.8 Å². The van der Waals surface area contributed by atoms with E-state index in [2.05, 4.69) is 10.3 Å². The van der Waals surface area contributed by atoms with Crippen LogP contribution in [0.25, 0.3) is 0 Å². The lowest BCUT2D eigenvalue weighted by atomic mass is 9.95. The molecule has 136 valence electrons. The lowest BCUT2D eigenvalue weighted by molar-refractivity contribution is -0.137. The summed E-state index contributed by atoms with van der Waals surface area (Å²) in [6, 6.07) is 4.52. The van der Waals surface area contributed by atoms with Gasteiger partial charge >= 0.3 is 6.18 Å². The number of aromatic nitrogens is 1. The van der Waals surface area contributed by atoms with Gasteiger partial charge in [-0.05, 0) is 30.0 Å². The van der Waals surface area contributed by atoms with Gasteiger partial charge in [0.1, 0.15) is 10.7 Å². The van der Waals surface area contributed by atoms with Crippen LogP contribution in [0.4, 0.5) is 13.2 Å². The van der Waals surface area contributed by atoms with Crippen molar-refractivity contribution in [2.75, 3.05) is 0 Å². The van der Waals surface area contributed by atoms with Gasteiger partial charge in [-0.25, -0.2) is 4.98 Å². The average Bonchev–Trinajstić information content (AvgIpc) is 3.02. The molecule has 3 N–H and O–H groups in total. The number of thiazole rings is 1. The number of hydrogen-bond donors (Lipinski definition) is 2. The highest BCUT2D eigenvalue weighted by molar-refractivity contribution is 7.09. The van der Waals surface area contributed by atoms with Crippen LogP contribution < -0.4 is 11.1 Å². The fourth-order valence-electron chi connectivity index (χ4n) is 2.42. The molecule has 1 atom stereocenters. The number of hydrogen-bond acceptors (Lipinski definition) is 4. The van der Waals surface area contributed by atoms with Crippen molar-refractivity contribution in [3.63, 3.8) is 0 Å². The van der Waals surface area contributed by atoms with Gasteiger partial charge in [-0.1, -0.05) is 26.0 Å². The summed E-state index contributed by atoms with van der Waals surface area (Å²) < 4.78 is 38.9. The highest BCUT2D eigenvalue weighted by atomic mass is 32.1. The molecule has 2 rings (SSSR count). The Hall–Kier alpha value is -1.93. The second-order valence-corrected chi connectivity index (χ2v) is 7.05. The molecule has 1 unspecified atom stereocenters. The number of amides is 1. The van der Waals surface area contributed by atoms with Crippen molar-refractivity contribution in [1.29, 1.82) is 0 Å². The molecule has 1 aromatic heterocycles. The summed E-state index contributed by atoms with van der Waals surface area (Å²) >= 11 is 1.27. The molecular weight excluding hydrogens is 351 g/mol. The van der Waals surface area contributed by atoms with Crippen LogP contribution in [-0.4, -0.2) is 10.9 Å². The number of rotatable bonds is 6. The number of halogens is 3. The third kappa shape index (κ3) is 5.27. The molecule has 1 heterocycles. The molecule has 0 spiro atoms. The van der Waals surface area contributed by atoms with Crippen LogP contribution in [0.2, 0.25) is 0 Å². The van der Waals surface area contributed by atoms with E-state index in [-0.39, 0.29) is 18.2 Å². The number of carbonyl (C=O) groups is 1. The molecule has 0 fully saturated rings. The zero-order valence-corrected chi connectivity index (χ0v) is 14.7. The number of nitrogens with one attached hydrogen (secondary N) is 1. The predicted octanol–water partition coefficient (Wildman–Crippen LogP) is 4.14. The van der Waals surface area contributed by atoms with E-state index in [0.29, 0.717) is 17.0 Å². The van der Waals surface area contributed by atoms with Crippen molar-refractivity contribution in [3.8, 4) is 0 Å². The molecule has 0 aliphatic heterocycles. The second-order valence-electron chi connectivity index (χ2n) is 6.11. The Labute approximate surface area is 148 Å². The molecule has 1 aromatic carbocycles. The number of nitrogens with two attached hydrogens (primary N) is 1. The minimum Gasteiger partial charge on any atom is -0.344 e. The second kappa shape index (κ2) is 7.97. The predicted molar refractivity (Wildman–Crippen MR) is 91.1 cm³/mol. The maximum Gasteiger partial charge on any atom is 0.416 e. The van der Waals surface area contributed by atoms with E-state index in [4.69, 9.17) is 5.73 Å². The average molecular weight is 371 g/mol. The fourth-order valence-corrected chi connectivity index (χ4v) is 3.08. The van der Waals surface area contributed by atoms with Gasteiger partial charge in [0.2, 0.25) is 0 Å². The summed E-state index contributed by atoms with van der Waals surface area (Å²) in [4.78, 5) is 16.5. The van der Waals surface area contributed by atoms with Crippen molar-refractivity contribution < 1.29 is 18.0 Å². The molecule has 0 radical (unpaired) electrons. The number of alkyl halides is 3. The molecule has 4 nitrogen and oxygen atoms in total. The monoisotopic (exact) mass is 371 g/mol. The lowest BCUT2D eigenvalue weighted by Gasteiger charge is -2.21. The Balaban J connectivity index is 2.25. The fraction of sp³-hybridized carbons (Fsp3) is 0.412. The zero-order chi connectivity index (χ0) is 18.6. The van der Waals surface area contributed by atoms with Crippen LogP contribution in [0, 0.1) is 5.92 Å². The Morgan fingerprint density at radius 3 is 2.64 bits per heavy atom. The van der Waals surface area contributed by atoms with Crippen molar-refractivity contribution >= 4 is 17.2 Å². The van der Waals surface area contributed by atoms with Crippen LogP contribution in [0.1, 0.15) is 52.9 Å². The quantitative estimate of drug-likeness (QED) is 0.802. The number of carbonyl (C=O) groups excluding carboxylic acids is 1. The van der Waals surface area contributed by atoms with Crippen molar-refractivity contribution in [3.05, 3.63) is 51.5 Å². The van der Waals surface area contributed by atoms with Gasteiger partial charge in [-0.3, -0.25) is 4.79 Å². The van der Waals surface area contributed by atoms with E-state index >= 15 is 0 Å². The summed E-state index contributed by atoms with van der Waals surface area (Å²) in [6.45, 7) is 4.13. The number of benzene rings is 1. The van der Waals surface area contributed by atoms with Crippen LogP contribution >= 0.6 is 11.3 Å². The number of nitrogens with zero attached hydrogens (tertiary/aromatic N) is 1. The highest BCUT2D eigenvalue weighted by Crippen LogP contribution is 2.32. The third-order valence-electron chi connectivity index (χ3n) is 3.59. The third-order valence-corrected chi connectivity index (χ3v) is 4.46. The van der Waals surface area contributed by atoms with Gasteiger partial charge in [0.15, 0.2) is 0 Å². The summed E-state index contributed by atoms with van der Waals surface area (Å²) in [5, 5.41) is 5.02. The first-order chi connectivity index (χ1) is 11.7. The molecule has 1 amide bonds. The van der Waals surface area contributed by atoms with Gasteiger partial charge in [0, 0.05) is 11.9 Å². The van der Waals surface area contributed by atoms with Crippen LogP contribution in [0.3, 0.4) is 0 Å². The van der Waals surface area contributed by atoms with E-state index in [0.717, 1.165) is 12.1 Å². The summed E-state index contributed by atoms with van der Waals surface area (Å²) in [5.41, 5.74) is 5.41. The molecule has 0 saturated heterocycles. The zero-order valence-electron chi connectivity index (χ0n) is 13.9. The largest absolute Gasteiger partial charge is 0.416 e. The minimum atomic E-state index is -4.42. The molecular formula is C17H20F3N3OS. The Bertz CT molecular complexity index is 728. The maximum atomic E-state index is 13.0. The lowest BCUT2D eigenvalue weighted by Crippen LogP contribution is -2.30. The summed E-state index contributed by atoms with van der Waals surface area (Å²) in [6.07, 6.45) is -3.91. The van der Waals surface area contributed by atoms with E-state index in [9.17, 15) is 18.0 Å². The van der Waals surface area contributed by atoms with Crippen molar-refractivity contribution in [2.24, 2.45) is 11.7 Å². The first-order valence-electron chi connectivity index (χ1n) is 7.83. The van der Waals surface area contributed by atoms with Crippen molar-refractivity contribution in [1.82, 2.24) is 10.3 Å². The molecule has 0 saturated carbocycles. The Kier molecular flexibility index (Phi) is 6.18. The molecule has 0 aliphatic carbocycles. The standard InChI is InChI=1S/C17H20F3N3OS/c1-10(2)6-13(11-4-3-5-12(7-11)17(18,19)20)23-16(24)14-9-25-15(8-21)22-14/h3-5,7,9-10,13H,6,8,21H2,1-2H3,(H,23,24). The van der Waals surface area contributed by atoms with Crippen LogP contribution in [0.15, 0.2) is 29.6 Å². The molecule has 25 heavy (non-hydrogen) atoms. The van der Waals surface area contributed by atoms with E-state index < -0.39 is 23.7 Å². The van der Waals surface area contributed by atoms with Gasteiger partial charge in [-0.15, -0.1) is 11.3 Å². The van der Waals surface area contributed by atoms with Crippen LogP contribution in [0.5, 0.6) is 0 Å². The van der Waals surface area contributed by atoms with Gasteiger partial charge in [0.25, 0.3) is 5.91 Å². The highest BCUT2D eigenvalue weighted by Gasteiger charge is 2.31. The van der Waals surface area contributed by atoms with Gasteiger partial charge in [-0.2, -0.15) is 13.2 Å². The topological polar surface area (TPSA) is 68.0 Å². The van der Waals surface area contributed by atoms with E-state index in [1.54, 1.807) is 11.4 Å². The molecule has 0 aliphatic rings. The van der Waals surface area contributed by atoms with Gasteiger partial charge < -0.3 is 11.1 Å². The first kappa shape index (κ1) is 19.4. The molecule has 8 heteroatoms. The van der Waals surface area contributed by atoms with Crippen LogP contribution in [-0.2, 0) is 12.7 Å².